The van der Waals surface area contributed by atoms with Crippen LogP contribution in [0.25, 0.3) is 0 Å². The van der Waals surface area contributed by atoms with Crippen molar-refractivity contribution in [2.45, 2.75) is 6.42 Å². The van der Waals surface area contributed by atoms with Gasteiger partial charge in [0.2, 0.25) is 0 Å². The van der Waals surface area contributed by atoms with Crippen molar-refractivity contribution < 1.29 is 4.79 Å². The van der Waals surface area contributed by atoms with E-state index in [9.17, 15) is 4.79 Å². The molecule has 1 nitrogen and oxygen atoms in total. The summed E-state index contributed by atoms with van der Waals surface area (Å²) in [4.78, 5) is 12.2. The molecule has 0 aromatic heterocycles. The summed E-state index contributed by atoms with van der Waals surface area (Å²) in [6.07, 6.45) is 6.08. The van der Waals surface area contributed by atoms with Crippen LogP contribution >= 0.6 is 0 Å². The van der Waals surface area contributed by atoms with E-state index < -0.39 is 5.92 Å². The molecule has 0 spiro atoms. The highest BCUT2D eigenvalue weighted by molar-refractivity contribution is 5.99. The normalized spacial score (nSPS) is 11.5. The monoisotopic (exact) mass is 234 g/mol. The van der Waals surface area contributed by atoms with Crippen molar-refractivity contribution in [3.8, 4) is 12.3 Å². The number of hydrogen-bond donors (Lipinski definition) is 0. The Morgan fingerprint density at radius 3 is 2.11 bits per heavy atom. The Morgan fingerprint density at radius 1 is 1.00 bits per heavy atom. The Morgan fingerprint density at radius 2 is 1.56 bits per heavy atom. The lowest BCUT2D eigenvalue weighted by atomic mass is 9.92. The van der Waals surface area contributed by atoms with Gasteiger partial charge in [-0.25, -0.2) is 0 Å². The minimum atomic E-state index is -0.394. The first-order chi connectivity index (χ1) is 8.81. The van der Waals surface area contributed by atoms with Gasteiger partial charge in [0.05, 0.1) is 5.92 Å². The van der Waals surface area contributed by atoms with Gasteiger partial charge in [0.1, 0.15) is 0 Å². The largest absolute Gasteiger partial charge is 0.293 e. The van der Waals surface area contributed by atoms with Crippen molar-refractivity contribution in [2.75, 3.05) is 0 Å². The predicted molar refractivity (Wildman–Crippen MR) is 73.2 cm³/mol. The molecule has 2 aromatic rings. The van der Waals surface area contributed by atoms with Gasteiger partial charge in [-0.3, -0.25) is 4.79 Å². The summed E-state index contributed by atoms with van der Waals surface area (Å²) in [6, 6.07) is 19.0. The van der Waals surface area contributed by atoms with E-state index in [1.807, 2.05) is 48.5 Å². The van der Waals surface area contributed by atoms with E-state index in [2.05, 4.69) is 5.92 Å². The van der Waals surface area contributed by atoms with E-state index in [0.717, 1.165) is 5.56 Å². The Balaban J connectivity index is 2.16. The minimum Gasteiger partial charge on any atom is -0.293 e. The molecule has 0 bridgehead atoms. The summed E-state index contributed by atoms with van der Waals surface area (Å²) in [6.45, 7) is 0. The Labute approximate surface area is 107 Å². The number of carbonyl (C=O) groups excluding carboxylic acids is 1. The second-order valence-corrected chi connectivity index (χ2v) is 4.14. The molecular formula is C17H14O. The van der Waals surface area contributed by atoms with Crippen molar-refractivity contribution in [1.82, 2.24) is 0 Å². The van der Waals surface area contributed by atoms with Crippen molar-refractivity contribution >= 4 is 5.78 Å². The van der Waals surface area contributed by atoms with Crippen LogP contribution in [0, 0.1) is 18.3 Å². The van der Waals surface area contributed by atoms with Crippen LogP contribution in [0.2, 0.25) is 0 Å². The van der Waals surface area contributed by atoms with Crippen LogP contribution in [0.3, 0.4) is 0 Å². The zero-order valence-corrected chi connectivity index (χ0v) is 10.0. The van der Waals surface area contributed by atoms with E-state index >= 15 is 0 Å². The van der Waals surface area contributed by atoms with E-state index in [-0.39, 0.29) is 5.78 Å². The number of benzene rings is 2. The first-order valence-corrected chi connectivity index (χ1v) is 5.90. The van der Waals surface area contributed by atoms with Crippen molar-refractivity contribution in [3.05, 3.63) is 71.8 Å². The van der Waals surface area contributed by atoms with Crippen LogP contribution < -0.4 is 0 Å². The van der Waals surface area contributed by atoms with Gasteiger partial charge in [0, 0.05) is 5.56 Å². The molecule has 0 saturated carbocycles. The van der Waals surface area contributed by atoms with Gasteiger partial charge in [0.25, 0.3) is 0 Å². The third kappa shape index (κ3) is 2.87. The first kappa shape index (κ1) is 12.1. The summed E-state index contributed by atoms with van der Waals surface area (Å²) < 4.78 is 0. The van der Waals surface area contributed by atoms with Crippen LogP contribution in [0.4, 0.5) is 0 Å². The molecule has 0 aliphatic heterocycles. The molecular weight excluding hydrogens is 220 g/mol. The van der Waals surface area contributed by atoms with Crippen molar-refractivity contribution in [2.24, 2.45) is 5.92 Å². The zero-order valence-electron chi connectivity index (χ0n) is 10.0. The summed E-state index contributed by atoms with van der Waals surface area (Å²) >= 11 is 0. The average molecular weight is 234 g/mol. The van der Waals surface area contributed by atoms with Gasteiger partial charge in [-0.2, -0.15) is 0 Å². The highest BCUT2D eigenvalue weighted by atomic mass is 16.1. The Hall–Kier alpha value is -2.33. The molecule has 0 aliphatic carbocycles. The van der Waals surface area contributed by atoms with Crippen LogP contribution in [-0.4, -0.2) is 5.78 Å². The molecule has 2 aromatic carbocycles. The molecule has 0 heterocycles. The maximum absolute atomic E-state index is 12.2. The topological polar surface area (TPSA) is 17.1 Å². The van der Waals surface area contributed by atoms with Gasteiger partial charge in [-0.05, 0) is 12.0 Å². The number of rotatable bonds is 4. The van der Waals surface area contributed by atoms with E-state index in [0.29, 0.717) is 12.0 Å². The highest BCUT2D eigenvalue weighted by Gasteiger charge is 2.17. The number of Topliss-reactive ketones (excluding diaryl/α,β-unsaturated/α-hetero) is 1. The van der Waals surface area contributed by atoms with E-state index in [1.165, 1.54) is 0 Å². The SMILES string of the molecule is C#C[C@H](Cc1ccccc1)C(=O)c1ccccc1. The summed E-state index contributed by atoms with van der Waals surface area (Å²) in [5.74, 6) is 2.22. The maximum Gasteiger partial charge on any atom is 0.178 e. The minimum absolute atomic E-state index is 0.0157. The smallest absolute Gasteiger partial charge is 0.178 e. The summed E-state index contributed by atoms with van der Waals surface area (Å²) in [5, 5.41) is 0. The molecule has 0 radical (unpaired) electrons. The second kappa shape index (κ2) is 5.84. The molecule has 2 rings (SSSR count). The molecule has 0 amide bonds. The molecule has 1 atom stereocenters. The van der Waals surface area contributed by atoms with E-state index in [4.69, 9.17) is 6.42 Å². The van der Waals surface area contributed by atoms with Crippen LogP contribution in [0.1, 0.15) is 15.9 Å². The fourth-order valence-electron chi connectivity index (χ4n) is 1.88. The molecule has 0 N–H and O–H groups in total. The van der Waals surface area contributed by atoms with Gasteiger partial charge in [-0.1, -0.05) is 66.6 Å². The maximum atomic E-state index is 12.2. The quantitative estimate of drug-likeness (QED) is 0.585. The lowest BCUT2D eigenvalue weighted by Crippen LogP contribution is -2.15. The van der Waals surface area contributed by atoms with Gasteiger partial charge < -0.3 is 0 Å². The number of carbonyl (C=O) groups is 1. The van der Waals surface area contributed by atoms with Gasteiger partial charge in [0.15, 0.2) is 5.78 Å². The zero-order chi connectivity index (χ0) is 12.8. The molecule has 18 heavy (non-hydrogen) atoms. The van der Waals surface area contributed by atoms with Gasteiger partial charge >= 0.3 is 0 Å². The molecule has 0 fully saturated rings. The first-order valence-electron chi connectivity index (χ1n) is 5.90. The molecule has 0 unspecified atom stereocenters. The fourth-order valence-corrected chi connectivity index (χ4v) is 1.88. The van der Waals surface area contributed by atoms with E-state index in [1.54, 1.807) is 12.1 Å². The highest BCUT2D eigenvalue weighted by Crippen LogP contribution is 2.14. The summed E-state index contributed by atoms with van der Waals surface area (Å²) in [5.41, 5.74) is 1.76. The molecule has 0 saturated heterocycles. The summed E-state index contributed by atoms with van der Waals surface area (Å²) in [7, 11) is 0. The van der Waals surface area contributed by atoms with Crippen LogP contribution in [0.5, 0.6) is 0 Å². The lowest BCUT2D eigenvalue weighted by Gasteiger charge is -2.09. The fraction of sp³-hybridized carbons (Fsp3) is 0.118. The predicted octanol–water partition coefficient (Wildman–Crippen LogP) is 3.36. The standard InChI is InChI=1S/C17H14O/c1-2-15(13-14-9-5-3-6-10-14)17(18)16-11-7-4-8-12-16/h1,3-12,15H,13H2/t15-/m1/s1. The number of ketones is 1. The third-order valence-corrected chi connectivity index (χ3v) is 2.86. The molecule has 1 heteroatoms. The second-order valence-electron chi connectivity index (χ2n) is 4.14. The van der Waals surface area contributed by atoms with Crippen LogP contribution in [-0.2, 0) is 6.42 Å². The van der Waals surface area contributed by atoms with Crippen molar-refractivity contribution in [3.63, 3.8) is 0 Å². The van der Waals surface area contributed by atoms with Gasteiger partial charge in [-0.15, -0.1) is 6.42 Å². The number of hydrogen-bond acceptors (Lipinski definition) is 1. The third-order valence-electron chi connectivity index (χ3n) is 2.86. The lowest BCUT2D eigenvalue weighted by molar-refractivity contribution is 0.0949. The van der Waals surface area contributed by atoms with Crippen molar-refractivity contribution in [1.29, 1.82) is 0 Å². The van der Waals surface area contributed by atoms with Crippen LogP contribution in [0.15, 0.2) is 60.7 Å². The molecule has 88 valence electrons. The Bertz CT molecular complexity index is 549. The Kier molecular flexibility index (Phi) is 3.94. The molecule has 0 aliphatic rings. The average Bonchev–Trinajstić information content (AvgIpc) is 2.46. The number of terminal acetylenes is 1.